The predicted molar refractivity (Wildman–Crippen MR) is 92.1 cm³/mol. The normalized spacial score (nSPS) is 47.4. The van der Waals surface area contributed by atoms with Crippen molar-refractivity contribution in [3.8, 4) is 0 Å². The van der Waals surface area contributed by atoms with Crippen LogP contribution in [0.4, 0.5) is 0 Å². The molecular weight excluding hydrogens is 302 g/mol. The van der Waals surface area contributed by atoms with Crippen LogP contribution in [0, 0.1) is 44.6 Å². The van der Waals surface area contributed by atoms with Gasteiger partial charge < -0.3 is 0 Å². The zero-order valence-electron chi connectivity index (χ0n) is 14.9. The van der Waals surface area contributed by atoms with Gasteiger partial charge in [-0.25, -0.2) is 0 Å². The molecule has 4 heteroatoms. The molecule has 6 unspecified atom stereocenters. The molecule has 4 aliphatic rings. The minimum Gasteiger partial charge on any atom is -0.299 e. The Hall–Kier alpha value is -1.19. The lowest BCUT2D eigenvalue weighted by Gasteiger charge is -2.59. The van der Waals surface area contributed by atoms with Gasteiger partial charge in [0.15, 0.2) is 0 Å². The molecule has 0 aromatic carbocycles. The summed E-state index contributed by atoms with van der Waals surface area (Å²) in [5, 5.41) is 10.9. The van der Waals surface area contributed by atoms with Crippen molar-refractivity contribution in [1.82, 2.24) is 0 Å². The first-order chi connectivity index (χ1) is 11.3. The van der Waals surface area contributed by atoms with Crippen LogP contribution in [0.3, 0.4) is 0 Å². The molecule has 4 nitrogen and oxygen atoms in total. The molecule has 0 heterocycles. The molecule has 0 aliphatic heterocycles. The fourth-order valence-electron chi connectivity index (χ4n) is 7.02. The molecule has 0 bridgehead atoms. The number of fused-ring (bicyclic) bond motifs is 5. The monoisotopic (exact) mass is 331 g/mol. The summed E-state index contributed by atoms with van der Waals surface area (Å²) in [5.74, 6) is 3.09. The van der Waals surface area contributed by atoms with Crippen molar-refractivity contribution in [2.24, 2.45) is 34.5 Å². The standard InChI is InChI=1S/C20H29NO3/c1-19-9-7-13(12-21(23)24)11-14(19)3-4-15-16-5-6-18(22)20(16,2)10-8-17(15)19/h7,14-17H,3-6,8-12H2,1-2H3. The zero-order valence-corrected chi connectivity index (χ0v) is 14.9. The molecule has 3 saturated carbocycles. The fraction of sp³-hybridized carbons (Fsp3) is 0.850. The first-order valence-corrected chi connectivity index (χ1v) is 9.67. The molecule has 4 aliphatic carbocycles. The summed E-state index contributed by atoms with van der Waals surface area (Å²) in [6, 6.07) is 0. The number of allylic oxidation sites excluding steroid dienone is 1. The first-order valence-electron chi connectivity index (χ1n) is 9.67. The summed E-state index contributed by atoms with van der Waals surface area (Å²) in [6.07, 6.45) is 10.6. The van der Waals surface area contributed by atoms with Gasteiger partial charge in [-0.15, -0.1) is 0 Å². The zero-order chi connectivity index (χ0) is 17.1. The maximum Gasteiger partial charge on any atom is 0.224 e. The maximum atomic E-state index is 12.4. The maximum absolute atomic E-state index is 12.4. The predicted octanol–water partition coefficient (Wildman–Crippen LogP) is 4.41. The van der Waals surface area contributed by atoms with Gasteiger partial charge in [-0.3, -0.25) is 14.9 Å². The van der Waals surface area contributed by atoms with Crippen molar-refractivity contribution in [3.05, 3.63) is 21.8 Å². The second-order valence-corrected chi connectivity index (χ2v) is 9.34. The second kappa shape index (κ2) is 5.40. The van der Waals surface area contributed by atoms with Gasteiger partial charge in [-0.1, -0.05) is 19.9 Å². The SMILES string of the molecule is CC12CCC3C(CCC4CC(C[N+](=O)[O-])=CCC43C)C1CCC2=O. The number of Topliss-reactive ketones (excluding diaryl/α,β-unsaturated/α-hetero) is 1. The van der Waals surface area contributed by atoms with Crippen LogP contribution in [-0.2, 0) is 4.79 Å². The number of carbonyl (C=O) groups is 1. The van der Waals surface area contributed by atoms with Gasteiger partial charge >= 0.3 is 0 Å². The number of hydrogen-bond acceptors (Lipinski definition) is 3. The Morgan fingerprint density at radius 2 is 2.00 bits per heavy atom. The highest BCUT2D eigenvalue weighted by atomic mass is 16.6. The molecule has 24 heavy (non-hydrogen) atoms. The molecule has 0 radical (unpaired) electrons. The molecule has 4 rings (SSSR count). The molecule has 0 aromatic rings. The van der Waals surface area contributed by atoms with Gasteiger partial charge in [0, 0.05) is 16.8 Å². The highest BCUT2D eigenvalue weighted by Gasteiger charge is 2.59. The van der Waals surface area contributed by atoms with E-state index >= 15 is 0 Å². The van der Waals surface area contributed by atoms with Crippen molar-refractivity contribution >= 4 is 5.78 Å². The Morgan fingerprint density at radius 3 is 2.75 bits per heavy atom. The van der Waals surface area contributed by atoms with Crippen molar-refractivity contribution < 1.29 is 9.72 Å². The van der Waals surface area contributed by atoms with E-state index in [1.54, 1.807) is 0 Å². The number of nitrogens with zero attached hydrogens (tertiary/aromatic N) is 1. The van der Waals surface area contributed by atoms with Crippen molar-refractivity contribution in [2.45, 2.75) is 65.2 Å². The number of rotatable bonds is 2. The average molecular weight is 331 g/mol. The summed E-state index contributed by atoms with van der Waals surface area (Å²) in [4.78, 5) is 23.1. The Balaban J connectivity index is 1.59. The Kier molecular flexibility index (Phi) is 3.67. The summed E-state index contributed by atoms with van der Waals surface area (Å²) in [6.45, 7) is 4.69. The lowest BCUT2D eigenvalue weighted by Crippen LogP contribution is -2.52. The topological polar surface area (TPSA) is 60.2 Å². The highest BCUT2D eigenvalue weighted by molar-refractivity contribution is 5.87. The van der Waals surface area contributed by atoms with Gasteiger partial charge in [0.2, 0.25) is 6.54 Å². The fourth-order valence-corrected chi connectivity index (χ4v) is 7.02. The molecule has 0 aromatic heterocycles. The molecule has 132 valence electrons. The van der Waals surface area contributed by atoms with Crippen LogP contribution in [-0.4, -0.2) is 17.3 Å². The lowest BCUT2D eigenvalue weighted by atomic mass is 9.45. The van der Waals surface area contributed by atoms with Gasteiger partial charge in [0.25, 0.3) is 0 Å². The van der Waals surface area contributed by atoms with E-state index in [1.165, 1.54) is 19.3 Å². The Labute approximate surface area is 144 Å². The Morgan fingerprint density at radius 1 is 1.21 bits per heavy atom. The van der Waals surface area contributed by atoms with E-state index in [2.05, 4.69) is 19.9 Å². The van der Waals surface area contributed by atoms with E-state index in [-0.39, 0.29) is 22.3 Å². The van der Waals surface area contributed by atoms with E-state index in [4.69, 9.17) is 0 Å². The minimum atomic E-state index is -0.184. The molecule has 3 fully saturated rings. The average Bonchev–Trinajstić information content (AvgIpc) is 2.83. The molecule has 0 spiro atoms. The number of hydrogen-bond donors (Lipinski definition) is 0. The number of carbonyl (C=O) groups excluding carboxylic acids is 1. The molecular formula is C20H29NO3. The quantitative estimate of drug-likeness (QED) is 0.428. The van der Waals surface area contributed by atoms with E-state index in [0.29, 0.717) is 29.5 Å². The van der Waals surface area contributed by atoms with Crippen LogP contribution in [0.2, 0.25) is 0 Å². The summed E-state index contributed by atoms with van der Waals surface area (Å²) in [5.41, 5.74) is 1.28. The van der Waals surface area contributed by atoms with Gasteiger partial charge in [-0.05, 0) is 79.6 Å². The van der Waals surface area contributed by atoms with Crippen LogP contribution >= 0.6 is 0 Å². The first kappa shape index (κ1) is 16.3. The van der Waals surface area contributed by atoms with Crippen LogP contribution in [0.25, 0.3) is 0 Å². The van der Waals surface area contributed by atoms with Gasteiger partial charge in [0.1, 0.15) is 5.78 Å². The molecule has 0 N–H and O–H groups in total. The minimum absolute atomic E-state index is 0.0237. The van der Waals surface area contributed by atoms with E-state index < -0.39 is 0 Å². The third-order valence-electron chi connectivity index (χ3n) is 8.45. The summed E-state index contributed by atoms with van der Waals surface area (Å²) >= 11 is 0. The van der Waals surface area contributed by atoms with Crippen LogP contribution in [0.5, 0.6) is 0 Å². The van der Waals surface area contributed by atoms with Crippen molar-refractivity contribution in [1.29, 1.82) is 0 Å². The van der Waals surface area contributed by atoms with E-state index in [1.807, 2.05) is 0 Å². The lowest BCUT2D eigenvalue weighted by molar-refractivity contribution is -0.471. The van der Waals surface area contributed by atoms with Crippen LogP contribution < -0.4 is 0 Å². The van der Waals surface area contributed by atoms with E-state index in [0.717, 1.165) is 37.7 Å². The number of nitro groups is 1. The highest BCUT2D eigenvalue weighted by Crippen LogP contribution is 2.65. The number of ketones is 1. The summed E-state index contributed by atoms with van der Waals surface area (Å²) < 4.78 is 0. The van der Waals surface area contributed by atoms with Crippen LogP contribution in [0.15, 0.2) is 11.6 Å². The third kappa shape index (κ3) is 2.21. The second-order valence-electron chi connectivity index (χ2n) is 9.34. The largest absolute Gasteiger partial charge is 0.299 e. The van der Waals surface area contributed by atoms with Gasteiger partial charge in [0.05, 0.1) is 0 Å². The van der Waals surface area contributed by atoms with Crippen molar-refractivity contribution in [3.63, 3.8) is 0 Å². The van der Waals surface area contributed by atoms with Gasteiger partial charge in [-0.2, -0.15) is 0 Å². The van der Waals surface area contributed by atoms with Crippen molar-refractivity contribution in [2.75, 3.05) is 6.54 Å². The molecule has 6 atom stereocenters. The third-order valence-corrected chi connectivity index (χ3v) is 8.45. The van der Waals surface area contributed by atoms with E-state index in [9.17, 15) is 14.9 Å². The molecule has 0 saturated heterocycles. The molecule has 0 amide bonds. The smallest absolute Gasteiger partial charge is 0.224 e. The van der Waals surface area contributed by atoms with Crippen LogP contribution in [0.1, 0.15) is 65.2 Å². The Bertz CT molecular complexity index is 612. The summed E-state index contributed by atoms with van der Waals surface area (Å²) in [7, 11) is 0.